The van der Waals surface area contributed by atoms with Crippen molar-refractivity contribution in [3.05, 3.63) is 114 Å². The Morgan fingerprint density at radius 1 is 0.921 bits per heavy atom. The third-order valence-corrected chi connectivity index (χ3v) is 6.87. The Morgan fingerprint density at radius 2 is 1.63 bits per heavy atom. The molecule has 0 spiro atoms. The van der Waals surface area contributed by atoms with Gasteiger partial charge in [0.2, 0.25) is 5.91 Å². The van der Waals surface area contributed by atoms with Crippen LogP contribution >= 0.6 is 0 Å². The van der Waals surface area contributed by atoms with Crippen LogP contribution < -0.4 is 10.2 Å². The molecule has 0 aliphatic carbocycles. The zero-order valence-corrected chi connectivity index (χ0v) is 21.6. The van der Waals surface area contributed by atoms with E-state index in [1.807, 2.05) is 73.8 Å². The van der Waals surface area contributed by atoms with Crippen molar-refractivity contribution in [3.63, 3.8) is 0 Å². The number of para-hydroxylation sites is 2. The summed E-state index contributed by atoms with van der Waals surface area (Å²) in [5.41, 5.74) is 5.08. The standard InChI is InChI=1S/C31H31FN4O2/c1-3-4-19-34(31(38)33-25-17-11-22(2)12-18-25)21-29(37)36-27-9-6-5-8-26(27)35-20-7-10-28(35)30(36)23-13-15-24(32)16-14-23/h5-18,20,30H,3-4,19,21H2,1-2H3,(H,33,38). The second-order valence-corrected chi connectivity index (χ2v) is 9.58. The SMILES string of the molecule is CCCCN(CC(=O)N1c2ccccc2-n2cccc2C1c1ccc(F)cc1)C(=O)Nc1ccc(C)cc1. The minimum Gasteiger partial charge on any atom is -0.316 e. The molecule has 3 aromatic carbocycles. The Morgan fingerprint density at radius 3 is 2.34 bits per heavy atom. The number of hydrogen-bond acceptors (Lipinski definition) is 2. The molecule has 0 saturated carbocycles. The number of unbranched alkanes of at least 4 members (excludes halogenated alkanes) is 1. The van der Waals surface area contributed by atoms with Crippen molar-refractivity contribution in [2.75, 3.05) is 23.3 Å². The molecule has 1 aromatic heterocycles. The lowest BCUT2D eigenvalue weighted by Crippen LogP contribution is -2.48. The van der Waals surface area contributed by atoms with Crippen molar-refractivity contribution in [2.45, 2.75) is 32.7 Å². The number of halogens is 1. The van der Waals surface area contributed by atoms with Crippen LogP contribution in [0.15, 0.2) is 91.1 Å². The lowest BCUT2D eigenvalue weighted by molar-refractivity contribution is -0.119. The van der Waals surface area contributed by atoms with Gasteiger partial charge < -0.3 is 14.8 Å². The minimum absolute atomic E-state index is 0.0928. The number of nitrogens with one attached hydrogen (secondary N) is 1. The highest BCUT2D eigenvalue weighted by Gasteiger charge is 2.37. The number of carbonyl (C=O) groups excluding carboxylic acids is 2. The van der Waals surface area contributed by atoms with E-state index in [0.29, 0.717) is 12.2 Å². The molecule has 2 heterocycles. The van der Waals surface area contributed by atoms with Gasteiger partial charge in [-0.15, -0.1) is 0 Å². The highest BCUT2D eigenvalue weighted by atomic mass is 19.1. The van der Waals surface area contributed by atoms with Crippen molar-refractivity contribution in [3.8, 4) is 5.69 Å². The summed E-state index contributed by atoms with van der Waals surface area (Å²) >= 11 is 0. The van der Waals surface area contributed by atoms with Gasteiger partial charge in [0.15, 0.2) is 0 Å². The summed E-state index contributed by atoms with van der Waals surface area (Å²) in [4.78, 5) is 30.8. The van der Waals surface area contributed by atoms with Gasteiger partial charge in [0, 0.05) is 18.4 Å². The first kappa shape index (κ1) is 25.3. The molecule has 1 unspecified atom stereocenters. The smallest absolute Gasteiger partial charge is 0.316 e. The van der Waals surface area contributed by atoms with Gasteiger partial charge in [0.05, 0.1) is 17.1 Å². The topological polar surface area (TPSA) is 57.6 Å². The molecular formula is C31H31FN4O2. The van der Waals surface area contributed by atoms with Gasteiger partial charge in [-0.25, -0.2) is 9.18 Å². The fraction of sp³-hybridized carbons (Fsp3) is 0.226. The Labute approximate surface area is 222 Å². The molecule has 0 radical (unpaired) electrons. The predicted molar refractivity (Wildman–Crippen MR) is 148 cm³/mol. The second-order valence-electron chi connectivity index (χ2n) is 9.58. The Bertz CT molecular complexity index is 1430. The van der Waals surface area contributed by atoms with Crippen LogP contribution in [0.1, 0.15) is 42.6 Å². The number of fused-ring (bicyclic) bond motifs is 3. The van der Waals surface area contributed by atoms with E-state index in [1.165, 1.54) is 12.1 Å². The van der Waals surface area contributed by atoms with E-state index in [-0.39, 0.29) is 24.3 Å². The third-order valence-electron chi connectivity index (χ3n) is 6.87. The van der Waals surface area contributed by atoms with Crippen LogP contribution in [0.4, 0.5) is 20.6 Å². The first-order chi connectivity index (χ1) is 18.5. The van der Waals surface area contributed by atoms with E-state index in [1.54, 1.807) is 21.9 Å². The number of carbonyl (C=O) groups is 2. The quantitative estimate of drug-likeness (QED) is 0.301. The molecule has 7 heteroatoms. The predicted octanol–water partition coefficient (Wildman–Crippen LogP) is 6.70. The number of rotatable bonds is 7. The maximum absolute atomic E-state index is 14.1. The number of nitrogens with zero attached hydrogens (tertiary/aromatic N) is 3. The number of hydrogen-bond donors (Lipinski definition) is 1. The number of aromatic nitrogens is 1. The van der Waals surface area contributed by atoms with Crippen LogP contribution in [0, 0.1) is 12.7 Å². The summed E-state index contributed by atoms with van der Waals surface area (Å²) in [5, 5.41) is 2.94. The number of amides is 3. The number of aryl methyl sites for hydroxylation is 1. The van der Waals surface area contributed by atoms with E-state index < -0.39 is 6.04 Å². The number of anilines is 2. The highest BCUT2D eigenvalue weighted by Crippen LogP contribution is 2.42. The zero-order chi connectivity index (χ0) is 26.6. The van der Waals surface area contributed by atoms with Gasteiger partial charge in [-0.1, -0.05) is 55.3 Å². The number of benzene rings is 3. The summed E-state index contributed by atoms with van der Waals surface area (Å²) in [6, 6.07) is 24.7. The Balaban J connectivity index is 1.49. The lowest BCUT2D eigenvalue weighted by Gasteiger charge is -2.39. The first-order valence-electron chi connectivity index (χ1n) is 12.9. The van der Waals surface area contributed by atoms with Crippen molar-refractivity contribution < 1.29 is 14.0 Å². The molecule has 3 amide bonds. The minimum atomic E-state index is -0.471. The maximum atomic E-state index is 14.1. The normalized spacial score (nSPS) is 14.0. The van der Waals surface area contributed by atoms with Gasteiger partial charge in [-0.05, 0) is 67.4 Å². The van der Waals surface area contributed by atoms with Crippen LogP contribution in [-0.2, 0) is 4.79 Å². The lowest BCUT2D eigenvalue weighted by atomic mass is 9.97. The van der Waals surface area contributed by atoms with Gasteiger partial charge in [0.1, 0.15) is 18.4 Å². The second kappa shape index (κ2) is 10.9. The Hall–Kier alpha value is -4.39. The molecular weight excluding hydrogens is 479 g/mol. The van der Waals surface area contributed by atoms with E-state index >= 15 is 0 Å². The van der Waals surface area contributed by atoms with Crippen molar-refractivity contribution in [1.29, 1.82) is 0 Å². The van der Waals surface area contributed by atoms with Crippen molar-refractivity contribution >= 4 is 23.3 Å². The molecule has 0 saturated heterocycles. The van der Waals surface area contributed by atoms with Crippen LogP contribution in [-0.4, -0.2) is 34.5 Å². The van der Waals surface area contributed by atoms with Crippen LogP contribution in [0.5, 0.6) is 0 Å². The molecule has 6 nitrogen and oxygen atoms in total. The van der Waals surface area contributed by atoms with Gasteiger partial charge in [-0.2, -0.15) is 0 Å². The fourth-order valence-corrected chi connectivity index (χ4v) is 4.90. The summed E-state index contributed by atoms with van der Waals surface area (Å²) in [5.74, 6) is -0.550. The molecule has 38 heavy (non-hydrogen) atoms. The third kappa shape index (κ3) is 5.05. The maximum Gasteiger partial charge on any atom is 0.322 e. The Kier molecular flexibility index (Phi) is 7.26. The molecule has 1 atom stereocenters. The average Bonchev–Trinajstić information content (AvgIpc) is 3.42. The number of urea groups is 1. The van der Waals surface area contributed by atoms with Crippen LogP contribution in [0.3, 0.4) is 0 Å². The van der Waals surface area contributed by atoms with Crippen LogP contribution in [0.25, 0.3) is 5.69 Å². The molecule has 1 aliphatic rings. The van der Waals surface area contributed by atoms with Crippen LogP contribution in [0.2, 0.25) is 0 Å². The molecule has 1 aliphatic heterocycles. The monoisotopic (exact) mass is 510 g/mol. The van der Waals surface area contributed by atoms with E-state index in [0.717, 1.165) is 41.0 Å². The first-order valence-corrected chi connectivity index (χ1v) is 12.9. The van der Waals surface area contributed by atoms with E-state index in [2.05, 4.69) is 16.8 Å². The summed E-state index contributed by atoms with van der Waals surface area (Å²) in [6.07, 6.45) is 3.63. The molecule has 4 aromatic rings. The molecule has 1 N–H and O–H groups in total. The van der Waals surface area contributed by atoms with Gasteiger partial charge in [-0.3, -0.25) is 9.69 Å². The van der Waals surface area contributed by atoms with Gasteiger partial charge >= 0.3 is 6.03 Å². The molecule has 0 fully saturated rings. The van der Waals surface area contributed by atoms with E-state index in [9.17, 15) is 14.0 Å². The summed E-state index contributed by atoms with van der Waals surface area (Å²) in [6.45, 7) is 4.40. The average molecular weight is 511 g/mol. The molecule has 5 rings (SSSR count). The highest BCUT2D eigenvalue weighted by molar-refractivity contribution is 6.01. The zero-order valence-electron chi connectivity index (χ0n) is 21.6. The van der Waals surface area contributed by atoms with Crippen molar-refractivity contribution in [2.24, 2.45) is 0 Å². The van der Waals surface area contributed by atoms with Crippen molar-refractivity contribution in [1.82, 2.24) is 9.47 Å². The summed E-state index contributed by atoms with van der Waals surface area (Å²) < 4.78 is 15.9. The van der Waals surface area contributed by atoms with E-state index in [4.69, 9.17) is 0 Å². The molecule has 194 valence electrons. The largest absolute Gasteiger partial charge is 0.322 e. The summed E-state index contributed by atoms with van der Waals surface area (Å²) in [7, 11) is 0. The van der Waals surface area contributed by atoms with Gasteiger partial charge in [0.25, 0.3) is 0 Å². The fourth-order valence-electron chi connectivity index (χ4n) is 4.90. The molecule has 0 bridgehead atoms.